The molecule has 0 fully saturated rings. The Morgan fingerprint density at radius 1 is 0.833 bits per heavy atom. The van der Waals surface area contributed by atoms with Crippen LogP contribution in [0.3, 0.4) is 0 Å². The zero-order valence-electron chi connectivity index (χ0n) is 23.1. The van der Waals surface area contributed by atoms with Crippen molar-refractivity contribution in [3.05, 3.63) is 126 Å². The van der Waals surface area contributed by atoms with Crippen LogP contribution in [0.25, 0.3) is 16.6 Å². The summed E-state index contributed by atoms with van der Waals surface area (Å²) in [6.45, 7) is -0.313. The fourth-order valence-electron chi connectivity index (χ4n) is 4.68. The number of ether oxygens (including phenoxy) is 2. The standard InChI is InChI=1S/C33H31N3O6/c1-41-32(39)33(40,22-37)23-42-31(38)30-28-14-8-9-15-29(28)36(34-30)27-18-16-26(17-19-27)35(20-24-10-4-2-5-11-24)21-25-12-6-3-7-13-25/h2-19,37,40H,20-23H2,1H3/t33-/m1/s1. The summed E-state index contributed by atoms with van der Waals surface area (Å²) < 4.78 is 11.3. The molecule has 9 nitrogen and oxygen atoms in total. The predicted molar refractivity (Wildman–Crippen MR) is 158 cm³/mol. The van der Waals surface area contributed by atoms with Crippen molar-refractivity contribution in [3.63, 3.8) is 0 Å². The van der Waals surface area contributed by atoms with Crippen molar-refractivity contribution in [2.24, 2.45) is 0 Å². The van der Waals surface area contributed by atoms with Gasteiger partial charge >= 0.3 is 11.9 Å². The van der Waals surface area contributed by atoms with E-state index in [4.69, 9.17) is 4.74 Å². The van der Waals surface area contributed by atoms with Crippen LogP contribution in [0.1, 0.15) is 21.6 Å². The van der Waals surface area contributed by atoms with E-state index >= 15 is 0 Å². The molecule has 0 saturated heterocycles. The number of hydrogen-bond acceptors (Lipinski definition) is 8. The molecule has 1 aromatic heterocycles. The number of benzene rings is 4. The maximum absolute atomic E-state index is 13.0. The quantitative estimate of drug-likeness (QED) is 0.228. The maximum Gasteiger partial charge on any atom is 0.359 e. The third-order valence-electron chi connectivity index (χ3n) is 6.94. The van der Waals surface area contributed by atoms with Crippen LogP contribution >= 0.6 is 0 Å². The van der Waals surface area contributed by atoms with Gasteiger partial charge in [0.15, 0.2) is 5.69 Å². The maximum atomic E-state index is 13.0. The minimum absolute atomic E-state index is 0.00890. The molecular formula is C33H31N3O6. The van der Waals surface area contributed by atoms with Gasteiger partial charge in [0.1, 0.15) is 6.61 Å². The molecule has 0 saturated carbocycles. The summed E-state index contributed by atoms with van der Waals surface area (Å²) in [5.41, 5.74) is 2.45. The van der Waals surface area contributed by atoms with Gasteiger partial charge in [0, 0.05) is 24.2 Å². The van der Waals surface area contributed by atoms with Gasteiger partial charge in [0.25, 0.3) is 0 Å². The highest BCUT2D eigenvalue weighted by Gasteiger charge is 2.39. The lowest BCUT2D eigenvalue weighted by Gasteiger charge is -2.25. The van der Waals surface area contributed by atoms with Gasteiger partial charge in [-0.15, -0.1) is 0 Å². The van der Waals surface area contributed by atoms with Crippen molar-refractivity contribution in [1.82, 2.24) is 9.78 Å². The lowest BCUT2D eigenvalue weighted by Crippen LogP contribution is -2.48. The van der Waals surface area contributed by atoms with Crippen molar-refractivity contribution in [3.8, 4) is 5.69 Å². The number of carbonyl (C=O) groups is 2. The monoisotopic (exact) mass is 565 g/mol. The molecule has 0 aliphatic rings. The molecule has 5 aromatic rings. The number of esters is 2. The van der Waals surface area contributed by atoms with Gasteiger partial charge in [0.05, 0.1) is 24.9 Å². The summed E-state index contributed by atoms with van der Waals surface area (Å²) in [5, 5.41) is 24.8. The minimum atomic E-state index is -2.37. The van der Waals surface area contributed by atoms with E-state index in [1.165, 1.54) is 11.1 Å². The number of rotatable bonds is 11. The SMILES string of the molecule is COC(=O)[C@@](O)(CO)COC(=O)c1nn(-c2ccc(N(Cc3ccccc3)Cc3ccccc3)cc2)c2ccccc12. The Morgan fingerprint density at radius 3 is 1.98 bits per heavy atom. The summed E-state index contributed by atoms with van der Waals surface area (Å²) in [4.78, 5) is 27.2. The summed E-state index contributed by atoms with van der Waals surface area (Å²) in [5.74, 6) is -1.96. The van der Waals surface area contributed by atoms with E-state index in [0.717, 1.165) is 31.6 Å². The highest BCUT2D eigenvalue weighted by molar-refractivity contribution is 6.02. The van der Waals surface area contributed by atoms with Crippen LogP contribution < -0.4 is 4.90 Å². The van der Waals surface area contributed by atoms with E-state index in [2.05, 4.69) is 39.0 Å². The lowest BCUT2D eigenvalue weighted by atomic mass is 10.1. The molecule has 214 valence electrons. The average Bonchev–Trinajstić information content (AvgIpc) is 3.44. The first kappa shape index (κ1) is 28.5. The Morgan fingerprint density at radius 2 is 1.40 bits per heavy atom. The number of nitrogens with zero attached hydrogens (tertiary/aromatic N) is 3. The topological polar surface area (TPSA) is 114 Å². The third kappa shape index (κ3) is 6.17. The Kier molecular flexibility index (Phi) is 8.61. The third-order valence-corrected chi connectivity index (χ3v) is 6.94. The number of aliphatic hydroxyl groups excluding tert-OH is 1. The van der Waals surface area contributed by atoms with E-state index < -0.39 is 30.8 Å². The fraction of sp³-hybridized carbons (Fsp3) is 0.182. The highest BCUT2D eigenvalue weighted by Crippen LogP contribution is 2.26. The summed E-state index contributed by atoms with van der Waals surface area (Å²) in [7, 11) is 1.06. The molecule has 5 rings (SSSR count). The van der Waals surface area contributed by atoms with E-state index in [1.807, 2.05) is 72.8 Å². The molecule has 0 radical (unpaired) electrons. The number of hydrogen-bond donors (Lipinski definition) is 2. The van der Waals surface area contributed by atoms with Crippen LogP contribution in [0.4, 0.5) is 5.69 Å². The zero-order valence-corrected chi connectivity index (χ0v) is 23.1. The van der Waals surface area contributed by atoms with E-state index in [1.54, 1.807) is 16.8 Å². The van der Waals surface area contributed by atoms with Crippen LogP contribution in [-0.4, -0.2) is 57.9 Å². The van der Waals surface area contributed by atoms with E-state index in [0.29, 0.717) is 10.9 Å². The number of aromatic nitrogens is 2. The lowest BCUT2D eigenvalue weighted by molar-refractivity contribution is -0.171. The number of aliphatic hydroxyl groups is 2. The van der Waals surface area contributed by atoms with Gasteiger partial charge in [-0.2, -0.15) is 5.10 Å². The predicted octanol–water partition coefficient (Wildman–Crippen LogP) is 4.29. The number of fused-ring (bicyclic) bond motifs is 1. The molecule has 0 aliphatic heterocycles. The van der Waals surface area contributed by atoms with Gasteiger partial charge in [-0.25, -0.2) is 14.3 Å². The zero-order chi connectivity index (χ0) is 29.5. The first-order valence-electron chi connectivity index (χ1n) is 13.4. The first-order chi connectivity index (χ1) is 20.4. The summed E-state index contributed by atoms with van der Waals surface area (Å²) >= 11 is 0. The fourth-order valence-corrected chi connectivity index (χ4v) is 4.68. The van der Waals surface area contributed by atoms with Gasteiger partial charge < -0.3 is 24.6 Å². The molecule has 9 heteroatoms. The van der Waals surface area contributed by atoms with Crippen LogP contribution in [0.15, 0.2) is 109 Å². The second-order valence-electron chi connectivity index (χ2n) is 9.88. The van der Waals surface area contributed by atoms with Crippen molar-refractivity contribution in [2.75, 3.05) is 25.2 Å². The van der Waals surface area contributed by atoms with Crippen molar-refractivity contribution in [2.45, 2.75) is 18.7 Å². The number of anilines is 1. The normalized spacial score (nSPS) is 12.5. The van der Waals surface area contributed by atoms with Crippen LogP contribution in [0, 0.1) is 0 Å². The Hall–Kier alpha value is -4.99. The van der Waals surface area contributed by atoms with Gasteiger partial charge in [-0.1, -0.05) is 78.9 Å². The number of methoxy groups -OCH3 is 1. The largest absolute Gasteiger partial charge is 0.467 e. The van der Waals surface area contributed by atoms with Crippen LogP contribution in [-0.2, 0) is 27.4 Å². The van der Waals surface area contributed by atoms with Crippen molar-refractivity contribution in [1.29, 1.82) is 0 Å². The molecule has 0 unspecified atom stereocenters. The van der Waals surface area contributed by atoms with E-state index in [-0.39, 0.29) is 5.69 Å². The Bertz CT molecular complexity index is 1610. The molecule has 0 spiro atoms. The smallest absolute Gasteiger partial charge is 0.359 e. The molecule has 42 heavy (non-hydrogen) atoms. The van der Waals surface area contributed by atoms with Crippen LogP contribution in [0.5, 0.6) is 0 Å². The Balaban J connectivity index is 1.42. The molecule has 1 heterocycles. The summed E-state index contributed by atoms with van der Waals surface area (Å²) in [6.07, 6.45) is 0. The second-order valence-corrected chi connectivity index (χ2v) is 9.88. The van der Waals surface area contributed by atoms with Gasteiger partial charge in [-0.3, -0.25) is 0 Å². The summed E-state index contributed by atoms with van der Waals surface area (Å²) in [6, 6.07) is 35.7. The molecule has 0 amide bonds. The number of carbonyl (C=O) groups excluding carboxylic acids is 2. The van der Waals surface area contributed by atoms with E-state index in [9.17, 15) is 19.8 Å². The van der Waals surface area contributed by atoms with Gasteiger partial charge in [0.2, 0.25) is 5.60 Å². The van der Waals surface area contributed by atoms with Crippen LogP contribution in [0.2, 0.25) is 0 Å². The molecule has 1 atom stereocenters. The molecule has 0 bridgehead atoms. The Labute approximate surface area is 243 Å². The molecule has 0 aliphatic carbocycles. The minimum Gasteiger partial charge on any atom is -0.467 e. The van der Waals surface area contributed by atoms with Gasteiger partial charge in [-0.05, 0) is 41.5 Å². The highest BCUT2D eigenvalue weighted by atomic mass is 16.6. The van der Waals surface area contributed by atoms with Crippen molar-refractivity contribution < 1.29 is 29.3 Å². The first-order valence-corrected chi connectivity index (χ1v) is 13.4. The number of para-hydroxylation sites is 1. The second kappa shape index (κ2) is 12.7. The molecule has 2 N–H and O–H groups in total. The average molecular weight is 566 g/mol. The van der Waals surface area contributed by atoms with Crippen molar-refractivity contribution >= 4 is 28.5 Å². The molecule has 4 aromatic carbocycles. The molecular weight excluding hydrogens is 534 g/mol.